The second-order valence-corrected chi connectivity index (χ2v) is 6.27. The van der Waals surface area contributed by atoms with Crippen LogP contribution >= 0.6 is 0 Å². The number of carbonyl (C=O) groups excluding carboxylic acids is 1. The number of methoxy groups -OCH3 is 2. The third-order valence-electron chi connectivity index (χ3n) is 4.12. The summed E-state index contributed by atoms with van der Waals surface area (Å²) in [7, 11) is 3.27. The maximum atomic E-state index is 12.5. The molecule has 0 saturated carbocycles. The molecule has 0 aromatic heterocycles. The Morgan fingerprint density at radius 3 is 2.50 bits per heavy atom. The number of amides is 1. The molecule has 26 heavy (non-hydrogen) atoms. The predicted molar refractivity (Wildman–Crippen MR) is 105 cm³/mol. The first-order chi connectivity index (χ1) is 12.6. The van der Waals surface area contributed by atoms with Gasteiger partial charge in [-0.05, 0) is 38.1 Å². The minimum Gasteiger partial charge on any atom is -0.496 e. The number of hydrogen-bond donors (Lipinski definition) is 1. The van der Waals surface area contributed by atoms with Gasteiger partial charge in [-0.25, -0.2) is 0 Å². The summed E-state index contributed by atoms with van der Waals surface area (Å²) < 4.78 is 10.8. The van der Waals surface area contributed by atoms with Crippen LogP contribution in [0.5, 0.6) is 11.5 Å². The molecule has 0 aliphatic heterocycles. The number of aryl methyl sites for hydroxylation is 1. The zero-order valence-electron chi connectivity index (χ0n) is 16.0. The van der Waals surface area contributed by atoms with Gasteiger partial charge in [0.2, 0.25) is 5.91 Å². The average molecular weight is 356 g/mol. The number of nitrogens with one attached hydrogen (secondary N) is 1. The Bertz CT molecular complexity index is 731. The molecule has 0 atom stereocenters. The molecule has 0 radical (unpaired) electrons. The molecule has 1 N–H and O–H groups in total. The van der Waals surface area contributed by atoms with Gasteiger partial charge in [0.25, 0.3) is 0 Å². The molecule has 1 amide bonds. The lowest BCUT2D eigenvalue weighted by atomic mass is 10.1. The van der Waals surface area contributed by atoms with Crippen LogP contribution in [-0.2, 0) is 11.3 Å². The second-order valence-electron chi connectivity index (χ2n) is 6.27. The molecule has 0 unspecified atom stereocenters. The minimum atomic E-state index is -0.0606. The molecule has 0 heterocycles. The van der Waals surface area contributed by atoms with Crippen molar-refractivity contribution in [1.29, 1.82) is 0 Å². The van der Waals surface area contributed by atoms with Crippen LogP contribution in [-0.4, -0.2) is 38.1 Å². The molecule has 0 fully saturated rings. The van der Waals surface area contributed by atoms with Crippen LogP contribution < -0.4 is 14.8 Å². The van der Waals surface area contributed by atoms with Crippen LogP contribution in [0.3, 0.4) is 0 Å². The summed E-state index contributed by atoms with van der Waals surface area (Å²) in [4.78, 5) is 14.7. The molecule has 0 bridgehead atoms. The Balaban J connectivity index is 2.08. The van der Waals surface area contributed by atoms with Crippen molar-refractivity contribution >= 4 is 11.6 Å². The molecule has 5 heteroatoms. The highest BCUT2D eigenvalue weighted by Crippen LogP contribution is 2.24. The van der Waals surface area contributed by atoms with Gasteiger partial charge in [-0.3, -0.25) is 9.69 Å². The van der Waals surface area contributed by atoms with Crippen molar-refractivity contribution in [2.75, 3.05) is 32.6 Å². The van der Waals surface area contributed by atoms with Gasteiger partial charge in [-0.2, -0.15) is 0 Å². The zero-order valence-corrected chi connectivity index (χ0v) is 16.0. The van der Waals surface area contributed by atoms with Gasteiger partial charge in [0, 0.05) is 12.1 Å². The molecule has 0 aliphatic carbocycles. The Morgan fingerprint density at radius 2 is 1.81 bits per heavy atom. The second kappa shape index (κ2) is 9.82. The lowest BCUT2D eigenvalue weighted by Gasteiger charge is -2.23. The SMILES string of the molecule is CCCN(CC(=O)Nc1ccccc1OC)Cc1cc(C)ccc1OC. The fourth-order valence-electron chi connectivity index (χ4n) is 2.94. The summed E-state index contributed by atoms with van der Waals surface area (Å²) >= 11 is 0. The Hall–Kier alpha value is -2.53. The molecular formula is C21H28N2O3. The fourth-order valence-corrected chi connectivity index (χ4v) is 2.94. The van der Waals surface area contributed by atoms with Crippen molar-refractivity contribution in [2.45, 2.75) is 26.8 Å². The Morgan fingerprint density at radius 1 is 1.08 bits per heavy atom. The molecule has 2 aromatic rings. The Kier molecular flexibility index (Phi) is 7.48. The molecular weight excluding hydrogens is 328 g/mol. The normalized spacial score (nSPS) is 10.7. The van der Waals surface area contributed by atoms with Crippen molar-refractivity contribution in [3.8, 4) is 11.5 Å². The maximum absolute atomic E-state index is 12.5. The minimum absolute atomic E-state index is 0.0606. The van der Waals surface area contributed by atoms with Gasteiger partial charge in [-0.15, -0.1) is 0 Å². The third-order valence-corrected chi connectivity index (χ3v) is 4.12. The summed E-state index contributed by atoms with van der Waals surface area (Å²) in [5.41, 5.74) is 2.95. The van der Waals surface area contributed by atoms with E-state index in [1.165, 1.54) is 5.56 Å². The van der Waals surface area contributed by atoms with E-state index in [2.05, 4.69) is 30.1 Å². The number of para-hydroxylation sites is 2. The largest absolute Gasteiger partial charge is 0.496 e. The summed E-state index contributed by atoms with van der Waals surface area (Å²) in [5, 5.41) is 2.94. The summed E-state index contributed by atoms with van der Waals surface area (Å²) in [6, 6.07) is 13.5. The van der Waals surface area contributed by atoms with Gasteiger partial charge in [-0.1, -0.05) is 36.8 Å². The van der Waals surface area contributed by atoms with Crippen molar-refractivity contribution in [2.24, 2.45) is 0 Å². The number of rotatable bonds is 9. The van der Waals surface area contributed by atoms with E-state index in [-0.39, 0.29) is 5.91 Å². The van der Waals surface area contributed by atoms with E-state index < -0.39 is 0 Å². The lowest BCUT2D eigenvalue weighted by molar-refractivity contribution is -0.117. The summed E-state index contributed by atoms with van der Waals surface area (Å²) in [6.45, 7) is 5.97. The third kappa shape index (κ3) is 5.49. The summed E-state index contributed by atoms with van der Waals surface area (Å²) in [6.07, 6.45) is 0.968. The van der Waals surface area contributed by atoms with Gasteiger partial charge < -0.3 is 14.8 Å². The highest BCUT2D eigenvalue weighted by Gasteiger charge is 2.14. The molecule has 0 saturated heterocycles. The average Bonchev–Trinajstić information content (AvgIpc) is 2.62. The van der Waals surface area contributed by atoms with Gasteiger partial charge in [0.1, 0.15) is 11.5 Å². The van der Waals surface area contributed by atoms with E-state index in [0.717, 1.165) is 24.3 Å². The van der Waals surface area contributed by atoms with Crippen molar-refractivity contribution in [1.82, 2.24) is 4.90 Å². The van der Waals surface area contributed by atoms with Gasteiger partial charge in [0.05, 0.1) is 26.5 Å². The molecule has 2 rings (SSSR count). The van der Waals surface area contributed by atoms with E-state index in [4.69, 9.17) is 9.47 Å². The maximum Gasteiger partial charge on any atom is 0.238 e. The first kappa shape index (κ1) is 19.8. The van der Waals surface area contributed by atoms with E-state index in [9.17, 15) is 4.79 Å². The van der Waals surface area contributed by atoms with Crippen LogP contribution in [0.2, 0.25) is 0 Å². The number of anilines is 1. The van der Waals surface area contributed by atoms with Crippen LogP contribution in [0.25, 0.3) is 0 Å². The van der Waals surface area contributed by atoms with E-state index in [1.807, 2.05) is 36.4 Å². The van der Waals surface area contributed by atoms with Crippen LogP contribution in [0.4, 0.5) is 5.69 Å². The fraction of sp³-hybridized carbons (Fsp3) is 0.381. The van der Waals surface area contributed by atoms with E-state index in [1.54, 1.807) is 14.2 Å². The predicted octanol–water partition coefficient (Wildman–Crippen LogP) is 3.86. The Labute approximate surface area is 155 Å². The molecule has 0 aliphatic rings. The molecule has 5 nitrogen and oxygen atoms in total. The lowest BCUT2D eigenvalue weighted by Crippen LogP contribution is -2.33. The topological polar surface area (TPSA) is 50.8 Å². The smallest absolute Gasteiger partial charge is 0.238 e. The van der Waals surface area contributed by atoms with Crippen molar-refractivity contribution in [3.63, 3.8) is 0 Å². The van der Waals surface area contributed by atoms with Crippen molar-refractivity contribution in [3.05, 3.63) is 53.6 Å². The van der Waals surface area contributed by atoms with Gasteiger partial charge in [0.15, 0.2) is 0 Å². The highest BCUT2D eigenvalue weighted by molar-refractivity contribution is 5.93. The van der Waals surface area contributed by atoms with Gasteiger partial charge >= 0.3 is 0 Å². The van der Waals surface area contributed by atoms with Crippen molar-refractivity contribution < 1.29 is 14.3 Å². The zero-order chi connectivity index (χ0) is 18.9. The van der Waals surface area contributed by atoms with E-state index in [0.29, 0.717) is 24.5 Å². The molecule has 0 spiro atoms. The monoisotopic (exact) mass is 356 g/mol. The highest BCUT2D eigenvalue weighted by atomic mass is 16.5. The first-order valence-electron chi connectivity index (χ1n) is 8.86. The molecule has 140 valence electrons. The van der Waals surface area contributed by atoms with E-state index >= 15 is 0 Å². The number of hydrogen-bond acceptors (Lipinski definition) is 4. The number of ether oxygens (including phenoxy) is 2. The summed E-state index contributed by atoms with van der Waals surface area (Å²) in [5.74, 6) is 1.44. The van der Waals surface area contributed by atoms with Crippen LogP contribution in [0.1, 0.15) is 24.5 Å². The first-order valence-corrected chi connectivity index (χ1v) is 8.86. The van der Waals surface area contributed by atoms with Crippen LogP contribution in [0, 0.1) is 6.92 Å². The number of carbonyl (C=O) groups is 1. The number of benzene rings is 2. The number of nitrogens with zero attached hydrogens (tertiary/aromatic N) is 1. The van der Waals surface area contributed by atoms with Crippen LogP contribution in [0.15, 0.2) is 42.5 Å². The standard InChI is InChI=1S/C21H28N2O3/c1-5-12-23(14-17-13-16(2)10-11-19(17)25-3)15-21(24)22-18-8-6-7-9-20(18)26-4/h6-11,13H,5,12,14-15H2,1-4H3,(H,22,24). The molecule has 2 aromatic carbocycles. The quantitative estimate of drug-likeness (QED) is 0.741.